The molecular weight excluding hydrogens is 406 g/mol. The molecule has 32 heavy (non-hydrogen) atoms. The highest BCUT2D eigenvalue weighted by molar-refractivity contribution is 5.99. The standard InChI is InChI=1S/C26H29NO5/c1-5-6-11-31-19-9-7-8-18(15-19)22-21-23(28)20-14-16(2)13-17(3)24(20)32-25(21)26(29)27(22)10-12-30-4/h7-9,13-15,22H,5-6,10-12H2,1-4H3. The SMILES string of the molecule is CCCCOc1cccc(C2c3c(oc4c(C)cc(C)cc4c3=O)C(=O)N2CCOC)c1. The topological polar surface area (TPSA) is 69.0 Å². The molecule has 0 saturated heterocycles. The van der Waals surface area contributed by atoms with Crippen molar-refractivity contribution < 1.29 is 18.7 Å². The molecule has 4 rings (SSSR count). The van der Waals surface area contributed by atoms with Crippen LogP contribution in [0, 0.1) is 13.8 Å². The molecule has 2 heterocycles. The molecule has 1 unspecified atom stereocenters. The summed E-state index contributed by atoms with van der Waals surface area (Å²) in [6, 6.07) is 10.9. The summed E-state index contributed by atoms with van der Waals surface area (Å²) in [6.45, 7) is 7.28. The predicted molar refractivity (Wildman–Crippen MR) is 124 cm³/mol. The molecule has 1 aliphatic heterocycles. The Hall–Kier alpha value is -3.12. The van der Waals surface area contributed by atoms with Gasteiger partial charge in [-0.15, -0.1) is 0 Å². The van der Waals surface area contributed by atoms with E-state index in [-0.39, 0.29) is 17.1 Å². The van der Waals surface area contributed by atoms with Crippen molar-refractivity contribution in [2.45, 2.75) is 39.7 Å². The smallest absolute Gasteiger partial charge is 0.290 e. The largest absolute Gasteiger partial charge is 0.494 e. The van der Waals surface area contributed by atoms with E-state index in [9.17, 15) is 9.59 Å². The van der Waals surface area contributed by atoms with Gasteiger partial charge in [0.25, 0.3) is 5.91 Å². The molecule has 6 nitrogen and oxygen atoms in total. The van der Waals surface area contributed by atoms with Crippen LogP contribution in [0.3, 0.4) is 0 Å². The van der Waals surface area contributed by atoms with E-state index in [2.05, 4.69) is 6.92 Å². The Bertz CT molecular complexity index is 1210. The van der Waals surface area contributed by atoms with Gasteiger partial charge < -0.3 is 18.8 Å². The van der Waals surface area contributed by atoms with Gasteiger partial charge >= 0.3 is 0 Å². The third kappa shape index (κ3) is 3.91. The summed E-state index contributed by atoms with van der Waals surface area (Å²) in [7, 11) is 1.59. The molecule has 2 aromatic carbocycles. The summed E-state index contributed by atoms with van der Waals surface area (Å²) in [5, 5.41) is 0.503. The molecule has 1 aromatic heterocycles. The Morgan fingerprint density at radius 2 is 1.91 bits per heavy atom. The molecule has 0 fully saturated rings. The summed E-state index contributed by atoms with van der Waals surface area (Å²) in [5.41, 5.74) is 3.32. The number of fused-ring (bicyclic) bond motifs is 2. The zero-order valence-electron chi connectivity index (χ0n) is 19.1. The van der Waals surface area contributed by atoms with Gasteiger partial charge in [-0.1, -0.05) is 31.5 Å². The van der Waals surface area contributed by atoms with Gasteiger partial charge in [-0.25, -0.2) is 0 Å². The minimum absolute atomic E-state index is 0.118. The van der Waals surface area contributed by atoms with Crippen LogP contribution in [0.5, 0.6) is 5.75 Å². The molecule has 3 aromatic rings. The number of benzene rings is 2. The van der Waals surface area contributed by atoms with Crippen molar-refractivity contribution in [3.05, 3.63) is 74.6 Å². The molecule has 1 atom stereocenters. The van der Waals surface area contributed by atoms with E-state index in [1.807, 2.05) is 50.2 Å². The van der Waals surface area contributed by atoms with Gasteiger partial charge in [-0.05, 0) is 55.2 Å². The normalized spacial score (nSPS) is 15.4. The highest BCUT2D eigenvalue weighted by Crippen LogP contribution is 2.39. The van der Waals surface area contributed by atoms with Crippen LogP contribution >= 0.6 is 0 Å². The third-order valence-corrected chi connectivity index (χ3v) is 5.87. The lowest BCUT2D eigenvalue weighted by molar-refractivity contribution is 0.0663. The van der Waals surface area contributed by atoms with E-state index in [1.165, 1.54) is 0 Å². The molecule has 0 N–H and O–H groups in total. The van der Waals surface area contributed by atoms with Gasteiger partial charge in [-0.3, -0.25) is 9.59 Å². The van der Waals surface area contributed by atoms with Crippen molar-refractivity contribution in [1.29, 1.82) is 0 Å². The summed E-state index contributed by atoms with van der Waals surface area (Å²) in [4.78, 5) is 28.7. The van der Waals surface area contributed by atoms with Gasteiger partial charge in [0.15, 0.2) is 5.43 Å². The van der Waals surface area contributed by atoms with Crippen molar-refractivity contribution in [1.82, 2.24) is 4.90 Å². The number of aryl methyl sites for hydroxylation is 2. The van der Waals surface area contributed by atoms with Gasteiger partial charge in [0.05, 0.1) is 30.2 Å². The number of carbonyl (C=O) groups is 1. The fraction of sp³-hybridized carbons (Fsp3) is 0.385. The first-order valence-corrected chi connectivity index (χ1v) is 11.1. The maximum Gasteiger partial charge on any atom is 0.290 e. The second-order valence-corrected chi connectivity index (χ2v) is 8.30. The summed E-state index contributed by atoms with van der Waals surface area (Å²) in [6.07, 6.45) is 2.01. The number of unbranched alkanes of at least 4 members (excludes halogenated alkanes) is 1. The zero-order valence-corrected chi connectivity index (χ0v) is 19.1. The fourth-order valence-corrected chi connectivity index (χ4v) is 4.35. The molecule has 0 radical (unpaired) electrons. The Labute approximate surface area is 187 Å². The van der Waals surface area contributed by atoms with Crippen LogP contribution in [0.15, 0.2) is 45.6 Å². The maximum atomic E-state index is 13.7. The lowest BCUT2D eigenvalue weighted by Crippen LogP contribution is -2.32. The van der Waals surface area contributed by atoms with E-state index in [1.54, 1.807) is 12.0 Å². The van der Waals surface area contributed by atoms with Crippen molar-refractivity contribution in [3.63, 3.8) is 0 Å². The number of carbonyl (C=O) groups excluding carboxylic acids is 1. The van der Waals surface area contributed by atoms with Gasteiger partial charge in [0.2, 0.25) is 5.76 Å². The fourth-order valence-electron chi connectivity index (χ4n) is 4.35. The lowest BCUT2D eigenvalue weighted by atomic mass is 9.97. The number of hydrogen-bond donors (Lipinski definition) is 0. The third-order valence-electron chi connectivity index (χ3n) is 5.87. The van der Waals surface area contributed by atoms with Crippen LogP contribution in [0.1, 0.15) is 58.6 Å². The second kappa shape index (κ2) is 9.17. The van der Waals surface area contributed by atoms with Crippen molar-refractivity contribution >= 4 is 16.9 Å². The zero-order chi connectivity index (χ0) is 22.8. The number of amides is 1. The second-order valence-electron chi connectivity index (χ2n) is 8.30. The molecule has 0 spiro atoms. The van der Waals surface area contributed by atoms with E-state index < -0.39 is 6.04 Å². The van der Waals surface area contributed by atoms with Crippen LogP contribution < -0.4 is 10.2 Å². The maximum absolute atomic E-state index is 13.7. The minimum atomic E-state index is -0.552. The van der Waals surface area contributed by atoms with Crippen LogP contribution in [0.25, 0.3) is 11.0 Å². The number of hydrogen-bond acceptors (Lipinski definition) is 5. The molecule has 1 amide bonds. The summed E-state index contributed by atoms with van der Waals surface area (Å²) < 4.78 is 17.2. The predicted octanol–water partition coefficient (Wildman–Crippen LogP) is 4.78. The molecule has 1 aliphatic rings. The Kier molecular flexibility index (Phi) is 6.33. The highest BCUT2D eigenvalue weighted by Gasteiger charge is 2.42. The summed E-state index contributed by atoms with van der Waals surface area (Å²) >= 11 is 0. The average molecular weight is 436 g/mol. The number of rotatable bonds is 8. The first-order chi connectivity index (χ1) is 15.5. The minimum Gasteiger partial charge on any atom is -0.494 e. The first kappa shape index (κ1) is 22.1. The Morgan fingerprint density at radius 1 is 1.09 bits per heavy atom. The van der Waals surface area contributed by atoms with Crippen LogP contribution in [-0.4, -0.2) is 37.7 Å². The highest BCUT2D eigenvalue weighted by atomic mass is 16.5. The number of ether oxygens (including phenoxy) is 2. The van der Waals surface area contributed by atoms with Gasteiger partial charge in [0, 0.05) is 13.7 Å². The first-order valence-electron chi connectivity index (χ1n) is 11.1. The van der Waals surface area contributed by atoms with Crippen LogP contribution in [0.2, 0.25) is 0 Å². The van der Waals surface area contributed by atoms with E-state index >= 15 is 0 Å². The monoisotopic (exact) mass is 435 g/mol. The quantitative estimate of drug-likeness (QED) is 0.476. The van der Waals surface area contributed by atoms with Gasteiger partial charge in [0.1, 0.15) is 11.3 Å². The van der Waals surface area contributed by atoms with Crippen molar-refractivity contribution in [2.75, 3.05) is 26.9 Å². The number of nitrogens with zero attached hydrogens (tertiary/aromatic N) is 1. The lowest BCUT2D eigenvalue weighted by Gasteiger charge is -2.25. The van der Waals surface area contributed by atoms with E-state index in [0.717, 1.165) is 35.3 Å². The van der Waals surface area contributed by atoms with E-state index in [4.69, 9.17) is 13.9 Å². The van der Waals surface area contributed by atoms with E-state index in [0.29, 0.717) is 36.3 Å². The molecule has 0 aliphatic carbocycles. The van der Waals surface area contributed by atoms with Crippen molar-refractivity contribution in [2.24, 2.45) is 0 Å². The molecular formula is C26H29NO5. The molecule has 0 saturated carbocycles. The molecule has 6 heteroatoms. The van der Waals surface area contributed by atoms with Gasteiger partial charge in [-0.2, -0.15) is 0 Å². The average Bonchev–Trinajstić information content (AvgIpc) is 3.05. The molecule has 0 bridgehead atoms. The van der Waals surface area contributed by atoms with Crippen LogP contribution in [0.4, 0.5) is 0 Å². The van der Waals surface area contributed by atoms with Crippen LogP contribution in [-0.2, 0) is 4.74 Å². The molecule has 168 valence electrons. The number of methoxy groups -OCH3 is 1. The summed E-state index contributed by atoms with van der Waals surface area (Å²) in [5.74, 6) is 0.548. The Morgan fingerprint density at radius 3 is 2.66 bits per heavy atom. The Balaban J connectivity index is 1.88. The van der Waals surface area contributed by atoms with Crippen molar-refractivity contribution in [3.8, 4) is 5.75 Å².